The SMILES string of the molecule is CC1(C)CNCCN1C(=O)c1ccc2c(-c3ccc(Cl)c(F)c3)cn(C(C)(C)C)c2n1. The Balaban J connectivity index is 1.85. The number of piperazine rings is 1. The van der Waals surface area contributed by atoms with E-state index in [1.54, 1.807) is 18.2 Å². The van der Waals surface area contributed by atoms with E-state index < -0.39 is 5.82 Å². The number of carbonyl (C=O) groups is 1. The standard InChI is InChI=1S/C24H28ClFN4O/c1-23(2,3)30-13-17(15-6-8-18(25)19(26)12-15)16-7-9-20(28-21(16)30)22(31)29-11-10-27-14-24(29,4)5/h6-9,12-13,27H,10-11,14H2,1-5H3. The molecule has 0 radical (unpaired) electrons. The van der Waals surface area contributed by atoms with Crippen LogP contribution in [0.1, 0.15) is 45.1 Å². The molecule has 0 atom stereocenters. The average molecular weight is 443 g/mol. The lowest BCUT2D eigenvalue weighted by Gasteiger charge is -2.42. The quantitative estimate of drug-likeness (QED) is 0.602. The van der Waals surface area contributed by atoms with Crippen molar-refractivity contribution in [2.45, 2.75) is 45.7 Å². The Kier molecular flexibility index (Phi) is 5.34. The van der Waals surface area contributed by atoms with Crippen molar-refractivity contribution in [3.63, 3.8) is 0 Å². The van der Waals surface area contributed by atoms with E-state index in [1.165, 1.54) is 6.07 Å². The first-order valence-corrected chi connectivity index (χ1v) is 10.9. The molecule has 0 spiro atoms. The van der Waals surface area contributed by atoms with E-state index >= 15 is 0 Å². The summed E-state index contributed by atoms with van der Waals surface area (Å²) in [6.45, 7) is 12.5. The summed E-state index contributed by atoms with van der Waals surface area (Å²) in [6.07, 6.45) is 1.98. The molecule has 3 aromatic rings. The molecular weight excluding hydrogens is 415 g/mol. The molecule has 0 saturated carbocycles. The molecule has 2 aromatic heterocycles. The van der Waals surface area contributed by atoms with Crippen LogP contribution in [0.4, 0.5) is 4.39 Å². The Morgan fingerprint density at radius 1 is 1.23 bits per heavy atom. The lowest BCUT2D eigenvalue weighted by Crippen LogP contribution is -2.59. The molecule has 0 unspecified atom stereocenters. The van der Waals surface area contributed by atoms with Crippen LogP contribution in [0, 0.1) is 5.82 Å². The van der Waals surface area contributed by atoms with Gasteiger partial charge in [-0.2, -0.15) is 0 Å². The minimum atomic E-state index is -0.462. The number of halogens is 2. The molecule has 1 N–H and O–H groups in total. The van der Waals surface area contributed by atoms with Crippen LogP contribution in [0.5, 0.6) is 0 Å². The van der Waals surface area contributed by atoms with Crippen molar-refractivity contribution in [1.82, 2.24) is 19.8 Å². The molecule has 7 heteroatoms. The highest BCUT2D eigenvalue weighted by molar-refractivity contribution is 6.30. The van der Waals surface area contributed by atoms with E-state index in [1.807, 2.05) is 21.7 Å². The normalized spacial score (nSPS) is 16.7. The van der Waals surface area contributed by atoms with Gasteiger partial charge in [-0.15, -0.1) is 0 Å². The molecule has 1 aliphatic heterocycles. The van der Waals surface area contributed by atoms with Crippen LogP contribution in [0.15, 0.2) is 36.5 Å². The number of pyridine rings is 1. The molecule has 1 fully saturated rings. The van der Waals surface area contributed by atoms with Crippen LogP contribution in [-0.4, -0.2) is 45.5 Å². The lowest BCUT2D eigenvalue weighted by molar-refractivity contribution is 0.0471. The molecule has 1 amide bonds. The molecule has 1 saturated heterocycles. The summed E-state index contributed by atoms with van der Waals surface area (Å²) in [5, 5.41) is 4.30. The van der Waals surface area contributed by atoms with Crippen molar-refractivity contribution in [2.24, 2.45) is 0 Å². The minimum absolute atomic E-state index is 0.0749. The van der Waals surface area contributed by atoms with E-state index in [0.717, 1.165) is 29.6 Å². The van der Waals surface area contributed by atoms with Crippen molar-refractivity contribution in [3.8, 4) is 11.1 Å². The number of rotatable bonds is 2. The summed E-state index contributed by atoms with van der Waals surface area (Å²) in [6, 6.07) is 8.48. The zero-order valence-electron chi connectivity index (χ0n) is 18.6. The summed E-state index contributed by atoms with van der Waals surface area (Å²) < 4.78 is 16.2. The van der Waals surface area contributed by atoms with Crippen molar-refractivity contribution in [1.29, 1.82) is 0 Å². The van der Waals surface area contributed by atoms with E-state index in [0.29, 0.717) is 17.9 Å². The van der Waals surface area contributed by atoms with Gasteiger partial charge in [0.1, 0.15) is 17.2 Å². The molecular formula is C24H28ClFN4O. The monoisotopic (exact) mass is 442 g/mol. The summed E-state index contributed by atoms with van der Waals surface area (Å²) in [4.78, 5) is 20.0. The summed E-state index contributed by atoms with van der Waals surface area (Å²) in [5.41, 5.74) is 2.14. The Labute approximate surface area is 187 Å². The molecule has 1 aromatic carbocycles. The van der Waals surface area contributed by atoms with E-state index in [2.05, 4.69) is 39.9 Å². The summed E-state index contributed by atoms with van der Waals surface area (Å²) in [7, 11) is 0. The summed E-state index contributed by atoms with van der Waals surface area (Å²) >= 11 is 5.88. The van der Waals surface area contributed by atoms with Crippen molar-refractivity contribution in [2.75, 3.05) is 19.6 Å². The number of nitrogens with zero attached hydrogens (tertiary/aromatic N) is 3. The third-order valence-corrected chi connectivity index (χ3v) is 6.18. The minimum Gasteiger partial charge on any atom is -0.330 e. The third kappa shape index (κ3) is 3.94. The second kappa shape index (κ2) is 7.61. The lowest BCUT2D eigenvalue weighted by atomic mass is 9.99. The van der Waals surface area contributed by atoms with Crippen molar-refractivity contribution < 1.29 is 9.18 Å². The van der Waals surface area contributed by atoms with Gasteiger partial charge in [0.15, 0.2) is 0 Å². The molecule has 0 bridgehead atoms. The number of amides is 1. The van der Waals surface area contributed by atoms with Crippen molar-refractivity contribution >= 4 is 28.5 Å². The van der Waals surface area contributed by atoms with E-state index in [-0.39, 0.29) is 22.0 Å². The van der Waals surface area contributed by atoms with Gasteiger partial charge < -0.3 is 14.8 Å². The predicted molar refractivity (Wildman–Crippen MR) is 123 cm³/mol. The predicted octanol–water partition coefficient (Wildman–Crippen LogP) is 5.07. The maximum Gasteiger partial charge on any atom is 0.273 e. The zero-order valence-corrected chi connectivity index (χ0v) is 19.3. The molecule has 3 heterocycles. The molecule has 31 heavy (non-hydrogen) atoms. The third-order valence-electron chi connectivity index (χ3n) is 5.87. The number of carbonyl (C=O) groups excluding carboxylic acids is 1. The highest BCUT2D eigenvalue weighted by atomic mass is 35.5. The van der Waals surface area contributed by atoms with Crippen LogP contribution in [-0.2, 0) is 5.54 Å². The fraction of sp³-hybridized carbons (Fsp3) is 0.417. The Bertz CT molecular complexity index is 1160. The molecule has 5 nitrogen and oxygen atoms in total. The van der Waals surface area contributed by atoms with Gasteiger partial charge in [-0.3, -0.25) is 4.79 Å². The van der Waals surface area contributed by atoms with Crippen LogP contribution < -0.4 is 5.32 Å². The van der Waals surface area contributed by atoms with Gasteiger partial charge in [0.05, 0.1) is 10.6 Å². The van der Waals surface area contributed by atoms with Gasteiger partial charge in [0.2, 0.25) is 0 Å². The maximum atomic E-state index is 14.1. The second-order valence-corrected chi connectivity index (χ2v) is 10.1. The van der Waals surface area contributed by atoms with Gasteiger partial charge in [0.25, 0.3) is 5.91 Å². The Hall–Kier alpha value is -2.44. The van der Waals surface area contributed by atoms with E-state index in [4.69, 9.17) is 16.6 Å². The van der Waals surface area contributed by atoms with Gasteiger partial charge in [-0.25, -0.2) is 9.37 Å². The van der Waals surface area contributed by atoms with Crippen LogP contribution >= 0.6 is 11.6 Å². The van der Waals surface area contributed by atoms with Gasteiger partial charge in [-0.1, -0.05) is 17.7 Å². The molecule has 4 rings (SSSR count). The number of aromatic nitrogens is 2. The smallest absolute Gasteiger partial charge is 0.273 e. The highest BCUT2D eigenvalue weighted by Crippen LogP contribution is 2.35. The number of benzene rings is 1. The molecule has 1 aliphatic rings. The van der Waals surface area contributed by atoms with E-state index in [9.17, 15) is 9.18 Å². The van der Waals surface area contributed by atoms with Crippen LogP contribution in [0.25, 0.3) is 22.2 Å². The topological polar surface area (TPSA) is 50.2 Å². The Morgan fingerprint density at radius 3 is 2.61 bits per heavy atom. The number of nitrogens with one attached hydrogen (secondary N) is 1. The first kappa shape index (κ1) is 21.8. The number of hydrogen-bond acceptors (Lipinski definition) is 3. The largest absolute Gasteiger partial charge is 0.330 e. The number of hydrogen-bond donors (Lipinski definition) is 1. The summed E-state index contributed by atoms with van der Waals surface area (Å²) in [5.74, 6) is -0.536. The first-order valence-electron chi connectivity index (χ1n) is 10.5. The van der Waals surface area contributed by atoms with Gasteiger partial charge in [0, 0.05) is 42.3 Å². The number of fused-ring (bicyclic) bond motifs is 1. The second-order valence-electron chi connectivity index (χ2n) is 9.73. The first-order chi connectivity index (χ1) is 14.5. The van der Waals surface area contributed by atoms with Gasteiger partial charge >= 0.3 is 0 Å². The fourth-order valence-electron chi connectivity index (χ4n) is 4.12. The highest BCUT2D eigenvalue weighted by Gasteiger charge is 2.34. The average Bonchev–Trinajstić information content (AvgIpc) is 3.08. The molecule has 0 aliphatic carbocycles. The van der Waals surface area contributed by atoms with Crippen LogP contribution in [0.2, 0.25) is 5.02 Å². The van der Waals surface area contributed by atoms with Gasteiger partial charge in [-0.05, 0) is 64.4 Å². The maximum absolute atomic E-state index is 14.1. The van der Waals surface area contributed by atoms with Crippen molar-refractivity contribution in [3.05, 3.63) is 53.1 Å². The molecule has 164 valence electrons. The Morgan fingerprint density at radius 2 is 1.97 bits per heavy atom. The van der Waals surface area contributed by atoms with Crippen LogP contribution in [0.3, 0.4) is 0 Å². The zero-order chi connectivity index (χ0) is 22.6. The fourth-order valence-corrected chi connectivity index (χ4v) is 4.24.